The zero-order valence-electron chi connectivity index (χ0n) is 24.6. The van der Waals surface area contributed by atoms with E-state index in [-0.39, 0.29) is 27.5 Å². The monoisotopic (exact) mass is 540 g/mol. The van der Waals surface area contributed by atoms with Crippen molar-refractivity contribution in [2.45, 2.75) is 77.0 Å². The lowest BCUT2D eigenvalue weighted by Gasteiger charge is -2.49. The van der Waals surface area contributed by atoms with Crippen LogP contribution in [0.3, 0.4) is 0 Å². The van der Waals surface area contributed by atoms with Crippen LogP contribution in [0.15, 0.2) is 48.5 Å². The molecular formula is C38H34FP. The van der Waals surface area contributed by atoms with Gasteiger partial charge in [-0.05, 0) is 106 Å². The third-order valence-corrected chi connectivity index (χ3v) is 11.9. The molecule has 0 aliphatic heterocycles. The first-order valence-electron chi connectivity index (χ1n) is 14.6. The fourth-order valence-electron chi connectivity index (χ4n) is 9.44. The predicted octanol–water partition coefficient (Wildman–Crippen LogP) is 9.52. The molecule has 0 saturated heterocycles. The Balaban J connectivity index is 1.70. The summed E-state index contributed by atoms with van der Waals surface area (Å²) in [6.07, 6.45) is 0. The second kappa shape index (κ2) is 6.39. The number of hydrogen-bond acceptors (Lipinski definition) is 0. The highest BCUT2D eigenvalue weighted by molar-refractivity contribution is 7.27. The summed E-state index contributed by atoms with van der Waals surface area (Å²) in [4.78, 5) is 0. The van der Waals surface area contributed by atoms with Crippen LogP contribution < -0.4 is 5.30 Å². The Bertz CT molecular complexity index is 1830. The molecule has 5 aromatic carbocycles. The van der Waals surface area contributed by atoms with Gasteiger partial charge in [0.05, 0.1) is 0 Å². The lowest BCUT2D eigenvalue weighted by Crippen LogP contribution is -2.36. The third kappa shape index (κ3) is 2.22. The molecule has 0 N–H and O–H groups in total. The maximum absolute atomic E-state index is 15.5. The summed E-state index contributed by atoms with van der Waals surface area (Å²) >= 11 is 0. The summed E-state index contributed by atoms with van der Waals surface area (Å²) in [5.74, 6) is -0.129. The number of benzene rings is 5. The number of hydrogen-bond donors (Lipinski definition) is 0. The topological polar surface area (TPSA) is 0 Å². The zero-order chi connectivity index (χ0) is 28.0. The van der Waals surface area contributed by atoms with E-state index in [9.17, 15) is 0 Å². The Morgan fingerprint density at radius 2 is 0.700 bits per heavy atom. The molecule has 1 unspecified atom stereocenters. The standard InChI is InChI=1S/C38H34FP/c1-35(2)19-9-11-21-31-29(19)33-27-23(35)13-17(39)14-24(27)36(3,4)20-10-12-22-32(30(20)33)34(31)28-25(37(21,5)6)15-18(40)16-26(28)38(22,7)8/h9-16H,40H2,1-8H3. The largest absolute Gasteiger partial charge is 0.207 e. The van der Waals surface area contributed by atoms with Crippen LogP contribution in [0.4, 0.5) is 4.39 Å². The lowest BCUT2D eigenvalue weighted by molar-refractivity contribution is 0.577. The Morgan fingerprint density at radius 3 is 1.00 bits per heavy atom. The van der Waals surface area contributed by atoms with E-state index >= 15 is 4.39 Å². The van der Waals surface area contributed by atoms with Crippen LogP contribution in [0, 0.1) is 5.82 Å². The maximum Gasteiger partial charge on any atom is 0.123 e. The molecule has 0 aromatic heterocycles. The molecule has 2 heteroatoms. The summed E-state index contributed by atoms with van der Waals surface area (Å²) in [7, 11) is 2.99. The van der Waals surface area contributed by atoms with Crippen LogP contribution in [0.2, 0.25) is 0 Å². The van der Waals surface area contributed by atoms with Crippen LogP contribution in [-0.4, -0.2) is 0 Å². The maximum atomic E-state index is 15.5. The van der Waals surface area contributed by atoms with E-state index in [4.69, 9.17) is 0 Å². The van der Waals surface area contributed by atoms with Crippen LogP contribution in [0.25, 0.3) is 43.8 Å². The molecule has 4 aliphatic carbocycles. The first-order valence-corrected chi connectivity index (χ1v) is 15.2. The Kier molecular flexibility index (Phi) is 3.78. The van der Waals surface area contributed by atoms with Crippen molar-refractivity contribution in [1.29, 1.82) is 0 Å². The van der Waals surface area contributed by atoms with Gasteiger partial charge in [0.15, 0.2) is 0 Å². The van der Waals surface area contributed by atoms with Gasteiger partial charge < -0.3 is 0 Å². The van der Waals surface area contributed by atoms with Crippen LogP contribution >= 0.6 is 9.24 Å². The van der Waals surface area contributed by atoms with Gasteiger partial charge in [-0.2, -0.15) is 0 Å². The number of rotatable bonds is 0. The second-order valence-electron chi connectivity index (χ2n) is 14.9. The normalized spacial score (nSPS) is 20.1. The quantitative estimate of drug-likeness (QED) is 0.136. The highest BCUT2D eigenvalue weighted by atomic mass is 31.0. The average Bonchev–Trinajstić information content (AvgIpc) is 2.87. The van der Waals surface area contributed by atoms with Gasteiger partial charge in [-0.3, -0.25) is 0 Å². The minimum absolute atomic E-state index is 0.129. The van der Waals surface area contributed by atoms with E-state index < -0.39 is 0 Å². The molecule has 0 nitrogen and oxygen atoms in total. The molecule has 0 bridgehead atoms. The van der Waals surface area contributed by atoms with E-state index in [1.165, 1.54) is 82.5 Å². The molecule has 0 spiro atoms. The van der Waals surface area contributed by atoms with Gasteiger partial charge in [-0.1, -0.05) is 91.8 Å². The average molecular weight is 541 g/mol. The molecule has 5 aromatic rings. The number of halogens is 1. The summed E-state index contributed by atoms with van der Waals surface area (Å²) in [5, 5.41) is 6.91. The molecule has 0 radical (unpaired) electrons. The zero-order valence-corrected chi connectivity index (χ0v) is 25.7. The predicted molar refractivity (Wildman–Crippen MR) is 170 cm³/mol. The highest BCUT2D eigenvalue weighted by Gasteiger charge is 2.49. The molecule has 198 valence electrons. The summed E-state index contributed by atoms with van der Waals surface area (Å²) in [5.41, 5.74) is 15.2. The van der Waals surface area contributed by atoms with Crippen LogP contribution in [-0.2, 0) is 21.7 Å². The van der Waals surface area contributed by atoms with Crippen molar-refractivity contribution in [3.05, 3.63) is 98.9 Å². The highest BCUT2D eigenvalue weighted by Crippen LogP contribution is 2.66. The van der Waals surface area contributed by atoms with Crippen molar-refractivity contribution in [2.24, 2.45) is 0 Å². The van der Waals surface area contributed by atoms with Crippen molar-refractivity contribution in [2.75, 3.05) is 0 Å². The smallest absolute Gasteiger partial charge is 0.123 e. The Hall–Kier alpha value is -3.02. The summed E-state index contributed by atoms with van der Waals surface area (Å²) < 4.78 is 15.5. The SMILES string of the molecule is CC1(C)c2cc(F)cc3c2-c2c4c1ccc1c4c4c5c(ccc(c25)C3(C)C)C(C)(C)c2cc(P)cc(c2-4)C1(C)C. The van der Waals surface area contributed by atoms with Crippen molar-refractivity contribution in [1.82, 2.24) is 0 Å². The van der Waals surface area contributed by atoms with Gasteiger partial charge in [0.25, 0.3) is 0 Å². The fourth-order valence-corrected chi connectivity index (χ4v) is 9.77. The second-order valence-corrected chi connectivity index (χ2v) is 15.6. The summed E-state index contributed by atoms with van der Waals surface area (Å²) in [6, 6.07) is 18.0. The van der Waals surface area contributed by atoms with E-state index in [1.54, 1.807) is 0 Å². The Morgan fingerprint density at radius 1 is 0.425 bits per heavy atom. The first kappa shape index (κ1) is 23.7. The first-order chi connectivity index (χ1) is 18.7. The molecule has 0 saturated carbocycles. The molecule has 0 fully saturated rings. The van der Waals surface area contributed by atoms with Crippen LogP contribution in [0.5, 0.6) is 0 Å². The third-order valence-electron chi connectivity index (χ3n) is 11.6. The van der Waals surface area contributed by atoms with Crippen molar-refractivity contribution < 1.29 is 4.39 Å². The van der Waals surface area contributed by atoms with Gasteiger partial charge in [0.1, 0.15) is 5.82 Å². The molecule has 40 heavy (non-hydrogen) atoms. The van der Waals surface area contributed by atoms with E-state index in [1.807, 2.05) is 12.1 Å². The lowest BCUT2D eigenvalue weighted by atomic mass is 9.54. The minimum atomic E-state index is -0.311. The molecule has 9 rings (SSSR count). The molecular weight excluding hydrogens is 506 g/mol. The van der Waals surface area contributed by atoms with Gasteiger partial charge >= 0.3 is 0 Å². The van der Waals surface area contributed by atoms with Gasteiger partial charge in [0.2, 0.25) is 0 Å². The molecule has 0 amide bonds. The van der Waals surface area contributed by atoms with Gasteiger partial charge in [0, 0.05) is 21.7 Å². The Labute approximate surface area is 238 Å². The van der Waals surface area contributed by atoms with E-state index in [0.29, 0.717) is 0 Å². The molecule has 4 aliphatic rings. The van der Waals surface area contributed by atoms with Crippen molar-refractivity contribution in [3.8, 4) is 22.3 Å². The van der Waals surface area contributed by atoms with Crippen molar-refractivity contribution >= 4 is 36.1 Å². The van der Waals surface area contributed by atoms with Gasteiger partial charge in [-0.15, -0.1) is 9.24 Å². The fraction of sp³-hybridized carbons (Fsp3) is 0.316. The summed E-state index contributed by atoms with van der Waals surface area (Å²) in [6.45, 7) is 18.8. The molecule has 0 heterocycles. The van der Waals surface area contributed by atoms with Crippen molar-refractivity contribution in [3.63, 3.8) is 0 Å². The molecule has 1 atom stereocenters. The minimum Gasteiger partial charge on any atom is -0.207 e. The van der Waals surface area contributed by atoms with E-state index in [2.05, 4.69) is 101 Å². The van der Waals surface area contributed by atoms with Crippen LogP contribution in [0.1, 0.15) is 99.9 Å². The van der Waals surface area contributed by atoms with Gasteiger partial charge in [-0.25, -0.2) is 4.39 Å². The van der Waals surface area contributed by atoms with E-state index in [0.717, 1.165) is 11.1 Å².